The van der Waals surface area contributed by atoms with E-state index in [1.807, 2.05) is 12.1 Å². The predicted octanol–water partition coefficient (Wildman–Crippen LogP) is 4.41. The summed E-state index contributed by atoms with van der Waals surface area (Å²) < 4.78 is 0. The molecule has 1 saturated heterocycles. The molecular formula is C20H23ClN2. The molecule has 23 heavy (non-hydrogen) atoms. The molecule has 0 spiro atoms. The zero-order chi connectivity index (χ0) is 15.8. The molecule has 1 aliphatic carbocycles. The van der Waals surface area contributed by atoms with Crippen LogP contribution < -0.4 is 4.90 Å². The average Bonchev–Trinajstić information content (AvgIpc) is 3.37. The van der Waals surface area contributed by atoms with Crippen molar-refractivity contribution in [2.45, 2.75) is 31.3 Å². The largest absolute Gasteiger partial charge is 0.365 e. The number of benzene rings is 2. The summed E-state index contributed by atoms with van der Waals surface area (Å²) in [4.78, 5) is 5.13. The Kier molecular flexibility index (Phi) is 4.04. The van der Waals surface area contributed by atoms with Crippen molar-refractivity contribution in [2.24, 2.45) is 0 Å². The van der Waals surface area contributed by atoms with Crippen molar-refractivity contribution in [3.8, 4) is 0 Å². The molecule has 1 saturated carbocycles. The van der Waals surface area contributed by atoms with E-state index in [9.17, 15) is 0 Å². The van der Waals surface area contributed by atoms with Crippen LogP contribution in [0.2, 0.25) is 5.02 Å². The average molecular weight is 327 g/mol. The Hall–Kier alpha value is -1.51. The van der Waals surface area contributed by atoms with Gasteiger partial charge >= 0.3 is 0 Å². The van der Waals surface area contributed by atoms with Crippen LogP contribution in [-0.2, 0) is 0 Å². The predicted molar refractivity (Wildman–Crippen MR) is 97.4 cm³/mol. The van der Waals surface area contributed by atoms with Gasteiger partial charge in [-0.15, -0.1) is 0 Å². The molecule has 2 fully saturated rings. The number of rotatable bonds is 3. The van der Waals surface area contributed by atoms with E-state index in [2.05, 4.69) is 59.2 Å². The molecule has 0 amide bonds. The van der Waals surface area contributed by atoms with Crippen LogP contribution in [-0.4, -0.2) is 36.6 Å². The van der Waals surface area contributed by atoms with E-state index < -0.39 is 0 Å². The minimum atomic E-state index is 0.501. The summed E-state index contributed by atoms with van der Waals surface area (Å²) in [7, 11) is 0. The lowest BCUT2D eigenvalue weighted by atomic mass is 10.1. The Morgan fingerprint density at radius 1 is 0.957 bits per heavy atom. The number of hydrogen-bond donors (Lipinski definition) is 0. The Labute approximate surface area is 143 Å². The van der Waals surface area contributed by atoms with Crippen molar-refractivity contribution in [3.05, 3.63) is 65.2 Å². The van der Waals surface area contributed by atoms with E-state index >= 15 is 0 Å². The van der Waals surface area contributed by atoms with Crippen molar-refractivity contribution >= 4 is 17.3 Å². The molecule has 2 aliphatic rings. The number of halogens is 1. The van der Waals surface area contributed by atoms with Gasteiger partial charge in [-0.2, -0.15) is 0 Å². The van der Waals surface area contributed by atoms with Crippen LogP contribution in [0, 0.1) is 0 Å². The molecule has 0 bridgehead atoms. The van der Waals surface area contributed by atoms with Gasteiger partial charge in [0.1, 0.15) is 0 Å². The third-order valence-corrected chi connectivity index (χ3v) is 5.59. The molecule has 2 aromatic carbocycles. The SMILES string of the molecule is CC1CN([C@@H]2C[C@H]2c2ccccc2)CCN1c1ccccc1Cl. The molecule has 1 unspecified atom stereocenters. The van der Waals surface area contributed by atoms with Gasteiger partial charge in [-0.3, -0.25) is 4.90 Å². The molecule has 2 aromatic rings. The van der Waals surface area contributed by atoms with Gasteiger partial charge in [-0.1, -0.05) is 54.1 Å². The normalized spacial score (nSPS) is 27.9. The first-order valence-electron chi connectivity index (χ1n) is 8.54. The standard InChI is InChI=1S/C20H23ClN2/c1-15-14-22(20-13-17(20)16-7-3-2-4-8-16)11-12-23(15)19-10-6-5-9-18(19)21/h2-10,15,17,20H,11-14H2,1H3/t15?,17-,20+/m0/s1. The molecular weight excluding hydrogens is 304 g/mol. The zero-order valence-corrected chi connectivity index (χ0v) is 14.3. The molecule has 3 atom stereocenters. The van der Waals surface area contributed by atoms with Crippen molar-refractivity contribution in [3.63, 3.8) is 0 Å². The Morgan fingerprint density at radius 2 is 1.70 bits per heavy atom. The summed E-state index contributed by atoms with van der Waals surface area (Å²) in [5.41, 5.74) is 2.68. The van der Waals surface area contributed by atoms with E-state index in [4.69, 9.17) is 11.6 Å². The minimum Gasteiger partial charge on any atom is -0.365 e. The van der Waals surface area contributed by atoms with Gasteiger partial charge in [0.2, 0.25) is 0 Å². The fourth-order valence-corrected chi connectivity index (χ4v) is 4.22. The number of nitrogens with zero attached hydrogens (tertiary/aromatic N) is 2. The van der Waals surface area contributed by atoms with Crippen molar-refractivity contribution in [1.82, 2.24) is 4.90 Å². The molecule has 1 heterocycles. The maximum Gasteiger partial charge on any atom is 0.0639 e. The molecule has 4 rings (SSSR count). The molecule has 1 aliphatic heterocycles. The molecule has 0 aromatic heterocycles. The second-order valence-electron chi connectivity index (χ2n) is 6.81. The van der Waals surface area contributed by atoms with Gasteiger partial charge in [-0.05, 0) is 31.0 Å². The van der Waals surface area contributed by atoms with E-state index in [1.54, 1.807) is 0 Å². The molecule has 2 nitrogen and oxygen atoms in total. The van der Waals surface area contributed by atoms with Crippen LogP contribution >= 0.6 is 11.6 Å². The van der Waals surface area contributed by atoms with E-state index in [1.165, 1.54) is 17.7 Å². The van der Waals surface area contributed by atoms with Crippen LogP contribution in [0.5, 0.6) is 0 Å². The van der Waals surface area contributed by atoms with Gasteiger partial charge in [-0.25, -0.2) is 0 Å². The molecule has 0 radical (unpaired) electrons. The van der Waals surface area contributed by atoms with Crippen LogP contribution in [0.4, 0.5) is 5.69 Å². The molecule has 120 valence electrons. The van der Waals surface area contributed by atoms with Crippen molar-refractivity contribution in [2.75, 3.05) is 24.5 Å². The maximum atomic E-state index is 6.38. The van der Waals surface area contributed by atoms with Gasteiger partial charge in [0.15, 0.2) is 0 Å². The van der Waals surface area contributed by atoms with E-state index in [-0.39, 0.29) is 0 Å². The Bertz CT molecular complexity index is 672. The van der Waals surface area contributed by atoms with Gasteiger partial charge in [0.25, 0.3) is 0 Å². The number of piperazine rings is 1. The smallest absolute Gasteiger partial charge is 0.0639 e. The monoisotopic (exact) mass is 326 g/mol. The minimum absolute atomic E-state index is 0.501. The first-order valence-corrected chi connectivity index (χ1v) is 8.92. The summed E-state index contributed by atoms with van der Waals surface area (Å²) in [5.74, 6) is 0.732. The second-order valence-corrected chi connectivity index (χ2v) is 7.22. The highest BCUT2D eigenvalue weighted by atomic mass is 35.5. The van der Waals surface area contributed by atoms with Gasteiger partial charge in [0.05, 0.1) is 10.7 Å². The van der Waals surface area contributed by atoms with Crippen LogP contribution in [0.15, 0.2) is 54.6 Å². The number of hydrogen-bond acceptors (Lipinski definition) is 2. The Balaban J connectivity index is 1.42. The fraction of sp³-hybridized carbons (Fsp3) is 0.400. The van der Waals surface area contributed by atoms with Gasteiger partial charge < -0.3 is 4.90 Å². The topological polar surface area (TPSA) is 6.48 Å². The Morgan fingerprint density at radius 3 is 2.43 bits per heavy atom. The highest BCUT2D eigenvalue weighted by Crippen LogP contribution is 2.45. The third-order valence-electron chi connectivity index (χ3n) is 5.27. The fourth-order valence-electron chi connectivity index (χ4n) is 3.97. The molecule has 0 N–H and O–H groups in total. The van der Waals surface area contributed by atoms with Crippen molar-refractivity contribution < 1.29 is 0 Å². The number of anilines is 1. The summed E-state index contributed by atoms with van der Waals surface area (Å²) in [5, 5.41) is 0.862. The van der Waals surface area contributed by atoms with E-state index in [0.717, 1.165) is 36.6 Å². The summed E-state index contributed by atoms with van der Waals surface area (Å²) in [6.45, 7) is 5.63. The second kappa shape index (κ2) is 6.18. The zero-order valence-electron chi connectivity index (χ0n) is 13.5. The third kappa shape index (κ3) is 2.98. The van der Waals surface area contributed by atoms with Crippen LogP contribution in [0.3, 0.4) is 0 Å². The highest BCUT2D eigenvalue weighted by molar-refractivity contribution is 6.33. The summed E-state index contributed by atoms with van der Waals surface area (Å²) >= 11 is 6.38. The first kappa shape index (κ1) is 15.0. The van der Waals surface area contributed by atoms with Gasteiger partial charge in [0, 0.05) is 37.6 Å². The summed E-state index contributed by atoms with van der Waals surface area (Å²) in [6.07, 6.45) is 1.31. The van der Waals surface area contributed by atoms with Crippen LogP contribution in [0.1, 0.15) is 24.8 Å². The lowest BCUT2D eigenvalue weighted by Gasteiger charge is -2.42. The lowest BCUT2D eigenvalue weighted by molar-refractivity contribution is 0.216. The highest BCUT2D eigenvalue weighted by Gasteiger charge is 2.44. The number of para-hydroxylation sites is 1. The summed E-state index contributed by atoms with van der Waals surface area (Å²) in [6, 6.07) is 20.4. The first-order chi connectivity index (χ1) is 11.2. The van der Waals surface area contributed by atoms with Crippen LogP contribution in [0.25, 0.3) is 0 Å². The molecule has 3 heteroatoms. The lowest BCUT2D eigenvalue weighted by Crippen LogP contribution is -2.53. The maximum absolute atomic E-state index is 6.38. The van der Waals surface area contributed by atoms with Crippen molar-refractivity contribution in [1.29, 1.82) is 0 Å². The van der Waals surface area contributed by atoms with E-state index in [0.29, 0.717) is 6.04 Å². The quantitative estimate of drug-likeness (QED) is 0.824.